The fraction of sp³-hybridized carbons (Fsp3) is 0.320. The molecule has 0 bridgehead atoms. The molecule has 0 spiro atoms. The summed E-state index contributed by atoms with van der Waals surface area (Å²) in [5.41, 5.74) is 3.35. The number of aromatic nitrogens is 4. The number of thioether (sulfide) groups is 1. The van der Waals surface area contributed by atoms with Crippen molar-refractivity contribution in [2.45, 2.75) is 23.9 Å². The predicted molar refractivity (Wildman–Crippen MR) is 132 cm³/mol. The highest BCUT2D eigenvalue weighted by atomic mass is 32.2. The van der Waals surface area contributed by atoms with Crippen molar-refractivity contribution in [2.75, 3.05) is 33.1 Å². The van der Waals surface area contributed by atoms with E-state index in [0.29, 0.717) is 16.8 Å². The maximum atomic E-state index is 12.9. The zero-order chi connectivity index (χ0) is 23.5. The SMILES string of the molecule is COc1ccc(-n2cnnc2SCC(=O)N2CCC(c3c[nH]c4ccc(OC)cc34)CC2)cc1. The number of benzene rings is 2. The predicted octanol–water partition coefficient (Wildman–Crippen LogP) is 4.26. The Bertz CT molecular complexity index is 1280. The summed E-state index contributed by atoms with van der Waals surface area (Å²) in [5, 5.41) is 10.1. The van der Waals surface area contributed by atoms with Crippen LogP contribution in [0.15, 0.2) is 60.1 Å². The first-order chi connectivity index (χ1) is 16.7. The van der Waals surface area contributed by atoms with Gasteiger partial charge >= 0.3 is 0 Å². The first-order valence-electron chi connectivity index (χ1n) is 11.3. The number of fused-ring (bicyclic) bond motifs is 1. The van der Waals surface area contributed by atoms with Crippen LogP contribution in [0.1, 0.15) is 24.3 Å². The first kappa shape index (κ1) is 22.3. The second-order valence-corrected chi connectivity index (χ2v) is 9.22. The van der Waals surface area contributed by atoms with Gasteiger partial charge in [0.15, 0.2) is 5.16 Å². The van der Waals surface area contributed by atoms with Gasteiger partial charge in [-0.2, -0.15) is 0 Å². The van der Waals surface area contributed by atoms with Crippen LogP contribution in [0.25, 0.3) is 16.6 Å². The number of methoxy groups -OCH3 is 2. The number of hydrogen-bond donors (Lipinski definition) is 1. The second-order valence-electron chi connectivity index (χ2n) is 8.28. The topological polar surface area (TPSA) is 85.3 Å². The molecule has 4 aromatic rings. The lowest BCUT2D eigenvalue weighted by atomic mass is 9.89. The third-order valence-corrected chi connectivity index (χ3v) is 7.33. The minimum absolute atomic E-state index is 0.133. The molecule has 0 unspecified atom stereocenters. The van der Waals surface area contributed by atoms with Crippen molar-refractivity contribution >= 4 is 28.6 Å². The van der Waals surface area contributed by atoms with E-state index in [1.807, 2.05) is 39.8 Å². The lowest BCUT2D eigenvalue weighted by molar-refractivity contribution is -0.129. The van der Waals surface area contributed by atoms with Gasteiger partial charge in [0, 0.05) is 35.9 Å². The molecule has 2 aromatic heterocycles. The Morgan fingerprint density at radius 1 is 1.09 bits per heavy atom. The number of piperidine rings is 1. The number of likely N-dealkylation sites (tertiary alicyclic amines) is 1. The van der Waals surface area contributed by atoms with Gasteiger partial charge in [-0.1, -0.05) is 11.8 Å². The zero-order valence-corrected chi connectivity index (χ0v) is 20.0. The largest absolute Gasteiger partial charge is 0.497 e. The number of amides is 1. The van der Waals surface area contributed by atoms with Gasteiger partial charge in [0.1, 0.15) is 17.8 Å². The molecule has 1 N–H and O–H groups in total. The van der Waals surface area contributed by atoms with Crippen LogP contribution in [0.5, 0.6) is 11.5 Å². The minimum atomic E-state index is 0.133. The van der Waals surface area contributed by atoms with Crippen molar-refractivity contribution in [3.8, 4) is 17.2 Å². The Morgan fingerprint density at radius 2 is 1.82 bits per heavy atom. The summed E-state index contributed by atoms with van der Waals surface area (Å²) in [7, 11) is 3.33. The van der Waals surface area contributed by atoms with E-state index in [9.17, 15) is 4.79 Å². The normalized spacial score (nSPS) is 14.5. The molecule has 0 atom stereocenters. The average molecular weight is 478 g/mol. The van der Waals surface area contributed by atoms with Gasteiger partial charge in [-0.3, -0.25) is 9.36 Å². The maximum Gasteiger partial charge on any atom is 0.233 e. The van der Waals surface area contributed by atoms with E-state index in [2.05, 4.69) is 33.5 Å². The number of ether oxygens (including phenoxy) is 2. The van der Waals surface area contributed by atoms with E-state index in [1.165, 1.54) is 22.7 Å². The smallest absolute Gasteiger partial charge is 0.233 e. The lowest BCUT2D eigenvalue weighted by Gasteiger charge is -2.32. The summed E-state index contributed by atoms with van der Waals surface area (Å²) in [6.45, 7) is 1.51. The molecule has 3 heterocycles. The average Bonchev–Trinajstić information content (AvgIpc) is 3.54. The highest BCUT2D eigenvalue weighted by Gasteiger charge is 2.26. The summed E-state index contributed by atoms with van der Waals surface area (Å²) in [6, 6.07) is 13.8. The molecule has 1 saturated heterocycles. The third-order valence-electron chi connectivity index (χ3n) is 6.40. The molecule has 34 heavy (non-hydrogen) atoms. The standard InChI is InChI=1S/C25H27N5O3S/c1-32-19-5-3-18(4-6-19)30-16-27-28-25(30)34-15-24(31)29-11-9-17(10-12-29)22-14-26-23-8-7-20(33-2)13-21(22)23/h3-8,13-14,16-17,26H,9-12,15H2,1-2H3. The fourth-order valence-electron chi connectivity index (χ4n) is 4.49. The van der Waals surface area contributed by atoms with Crippen molar-refractivity contribution in [2.24, 2.45) is 0 Å². The Balaban J connectivity index is 1.19. The van der Waals surface area contributed by atoms with Crippen molar-refractivity contribution in [1.29, 1.82) is 0 Å². The molecule has 1 aliphatic rings. The number of H-pyrrole nitrogens is 1. The van der Waals surface area contributed by atoms with Crippen LogP contribution in [0.3, 0.4) is 0 Å². The van der Waals surface area contributed by atoms with Gasteiger partial charge in [-0.15, -0.1) is 10.2 Å². The monoisotopic (exact) mass is 477 g/mol. The number of carbonyl (C=O) groups excluding carboxylic acids is 1. The molecular formula is C25H27N5O3S. The molecule has 8 nitrogen and oxygen atoms in total. The summed E-state index contributed by atoms with van der Waals surface area (Å²) < 4.78 is 12.5. The summed E-state index contributed by atoms with van der Waals surface area (Å²) in [5.74, 6) is 2.55. The molecular weight excluding hydrogens is 450 g/mol. The van der Waals surface area contributed by atoms with Crippen molar-refractivity contribution < 1.29 is 14.3 Å². The first-order valence-corrected chi connectivity index (χ1v) is 12.2. The van der Waals surface area contributed by atoms with E-state index >= 15 is 0 Å². The minimum Gasteiger partial charge on any atom is -0.497 e. The van der Waals surface area contributed by atoms with E-state index in [0.717, 1.165) is 48.6 Å². The lowest BCUT2D eigenvalue weighted by Crippen LogP contribution is -2.38. The zero-order valence-electron chi connectivity index (χ0n) is 19.2. The van der Waals surface area contributed by atoms with E-state index < -0.39 is 0 Å². The van der Waals surface area contributed by atoms with Crippen molar-refractivity contribution in [1.82, 2.24) is 24.6 Å². The van der Waals surface area contributed by atoms with Gasteiger partial charge in [0.05, 0.1) is 20.0 Å². The van der Waals surface area contributed by atoms with Gasteiger partial charge in [0.2, 0.25) is 5.91 Å². The van der Waals surface area contributed by atoms with E-state index in [4.69, 9.17) is 9.47 Å². The van der Waals surface area contributed by atoms with Gasteiger partial charge in [-0.05, 0) is 66.8 Å². The van der Waals surface area contributed by atoms with Gasteiger partial charge in [0.25, 0.3) is 0 Å². The number of nitrogens with one attached hydrogen (secondary N) is 1. The molecule has 1 aliphatic heterocycles. The molecule has 1 fully saturated rings. The Hall–Kier alpha value is -3.46. The van der Waals surface area contributed by atoms with Crippen LogP contribution in [-0.4, -0.2) is 63.6 Å². The van der Waals surface area contributed by atoms with Crippen LogP contribution in [0.4, 0.5) is 0 Å². The summed E-state index contributed by atoms with van der Waals surface area (Å²) in [4.78, 5) is 18.3. The Labute approximate surface area is 202 Å². The number of carbonyl (C=O) groups is 1. The van der Waals surface area contributed by atoms with Crippen LogP contribution < -0.4 is 9.47 Å². The molecule has 0 radical (unpaired) electrons. The number of rotatable bonds is 7. The quantitative estimate of drug-likeness (QED) is 0.400. The Kier molecular flexibility index (Phi) is 6.44. The fourth-order valence-corrected chi connectivity index (χ4v) is 5.32. The molecule has 0 saturated carbocycles. The number of aromatic amines is 1. The highest BCUT2D eigenvalue weighted by molar-refractivity contribution is 7.99. The molecule has 176 valence electrons. The van der Waals surface area contributed by atoms with Crippen molar-refractivity contribution in [3.63, 3.8) is 0 Å². The molecule has 9 heteroatoms. The highest BCUT2D eigenvalue weighted by Crippen LogP contribution is 2.35. The number of nitrogens with zero attached hydrogens (tertiary/aromatic N) is 4. The van der Waals surface area contributed by atoms with E-state index in [-0.39, 0.29) is 5.91 Å². The molecule has 1 amide bonds. The summed E-state index contributed by atoms with van der Waals surface area (Å²) in [6.07, 6.45) is 5.66. The van der Waals surface area contributed by atoms with Crippen LogP contribution in [-0.2, 0) is 4.79 Å². The maximum absolute atomic E-state index is 12.9. The van der Waals surface area contributed by atoms with Gasteiger partial charge < -0.3 is 19.4 Å². The third kappa shape index (κ3) is 4.48. The molecule has 5 rings (SSSR count). The molecule has 2 aromatic carbocycles. The van der Waals surface area contributed by atoms with Crippen LogP contribution in [0, 0.1) is 0 Å². The van der Waals surface area contributed by atoms with Crippen molar-refractivity contribution in [3.05, 3.63) is 60.6 Å². The summed E-state index contributed by atoms with van der Waals surface area (Å²) >= 11 is 1.41. The number of hydrogen-bond acceptors (Lipinski definition) is 6. The van der Waals surface area contributed by atoms with Gasteiger partial charge in [-0.25, -0.2) is 0 Å². The second kappa shape index (κ2) is 9.80. The van der Waals surface area contributed by atoms with E-state index in [1.54, 1.807) is 20.5 Å². The van der Waals surface area contributed by atoms with Crippen LogP contribution >= 0.6 is 11.8 Å². The molecule has 0 aliphatic carbocycles. The Morgan fingerprint density at radius 3 is 2.56 bits per heavy atom. The van der Waals surface area contributed by atoms with Crippen LogP contribution in [0.2, 0.25) is 0 Å².